The minimum atomic E-state index is -0.579. The summed E-state index contributed by atoms with van der Waals surface area (Å²) in [5.74, 6) is 1.09. The van der Waals surface area contributed by atoms with Crippen molar-refractivity contribution in [2.75, 3.05) is 0 Å². The van der Waals surface area contributed by atoms with Crippen molar-refractivity contribution < 1.29 is 4.52 Å². The van der Waals surface area contributed by atoms with Gasteiger partial charge in [0.1, 0.15) is 0 Å². The van der Waals surface area contributed by atoms with Crippen molar-refractivity contribution in [1.82, 2.24) is 10.1 Å². The summed E-state index contributed by atoms with van der Waals surface area (Å²) in [7, 11) is 0. The van der Waals surface area contributed by atoms with Crippen molar-refractivity contribution in [2.45, 2.75) is 32.2 Å². The third-order valence-corrected chi connectivity index (χ3v) is 3.71. The number of hydrogen-bond acceptors (Lipinski definition) is 4. The van der Waals surface area contributed by atoms with Gasteiger partial charge in [0.2, 0.25) is 11.7 Å². The van der Waals surface area contributed by atoms with Crippen molar-refractivity contribution in [3.05, 3.63) is 48.4 Å². The van der Waals surface area contributed by atoms with Gasteiger partial charge in [0, 0.05) is 5.56 Å². The molecule has 4 heteroatoms. The number of nitrogens with zero attached hydrogens (tertiary/aromatic N) is 2. The Kier molecular flexibility index (Phi) is 3.47. The van der Waals surface area contributed by atoms with Gasteiger partial charge in [-0.05, 0) is 24.1 Å². The number of rotatable bonds is 4. The summed E-state index contributed by atoms with van der Waals surface area (Å²) >= 11 is 0. The highest BCUT2D eigenvalue weighted by molar-refractivity contribution is 5.94. The Morgan fingerprint density at radius 1 is 1.14 bits per heavy atom. The SMILES string of the molecule is CCCC(C)(N)c1nc(-c2cccc3ccccc23)no1. The lowest BCUT2D eigenvalue weighted by Gasteiger charge is -2.18. The van der Waals surface area contributed by atoms with Crippen LogP contribution in [-0.4, -0.2) is 10.1 Å². The minimum Gasteiger partial charge on any atom is -0.337 e. The van der Waals surface area contributed by atoms with Gasteiger partial charge in [-0.1, -0.05) is 61.0 Å². The molecule has 0 spiro atoms. The second-order valence-corrected chi connectivity index (χ2v) is 5.62. The van der Waals surface area contributed by atoms with Crippen LogP contribution in [0.3, 0.4) is 0 Å². The molecule has 1 aromatic heterocycles. The molecule has 1 atom stereocenters. The molecule has 1 unspecified atom stereocenters. The first kappa shape index (κ1) is 13.8. The predicted octanol–water partition coefficient (Wildman–Crippen LogP) is 3.86. The molecule has 0 fully saturated rings. The van der Waals surface area contributed by atoms with Gasteiger partial charge in [0.25, 0.3) is 0 Å². The van der Waals surface area contributed by atoms with Gasteiger partial charge in [0.15, 0.2) is 0 Å². The average molecular weight is 281 g/mol. The summed E-state index contributed by atoms with van der Waals surface area (Å²) < 4.78 is 5.40. The Morgan fingerprint density at radius 2 is 1.90 bits per heavy atom. The smallest absolute Gasteiger partial charge is 0.246 e. The van der Waals surface area contributed by atoms with E-state index in [2.05, 4.69) is 35.3 Å². The summed E-state index contributed by atoms with van der Waals surface area (Å²) in [5, 5.41) is 6.39. The normalized spacial score (nSPS) is 14.2. The molecular formula is C17H19N3O. The monoisotopic (exact) mass is 281 g/mol. The third kappa shape index (κ3) is 2.54. The summed E-state index contributed by atoms with van der Waals surface area (Å²) in [6.45, 7) is 4.02. The van der Waals surface area contributed by atoms with Crippen molar-refractivity contribution in [1.29, 1.82) is 0 Å². The topological polar surface area (TPSA) is 64.9 Å². The maximum absolute atomic E-state index is 6.26. The molecule has 3 rings (SSSR count). The highest BCUT2D eigenvalue weighted by atomic mass is 16.5. The van der Waals surface area contributed by atoms with Gasteiger partial charge < -0.3 is 10.3 Å². The van der Waals surface area contributed by atoms with E-state index in [4.69, 9.17) is 10.3 Å². The highest BCUT2D eigenvalue weighted by Gasteiger charge is 2.27. The largest absolute Gasteiger partial charge is 0.337 e. The van der Waals surface area contributed by atoms with Crippen LogP contribution in [0.2, 0.25) is 0 Å². The van der Waals surface area contributed by atoms with E-state index in [0.29, 0.717) is 11.7 Å². The molecule has 0 amide bonds. The standard InChI is InChI=1S/C17H19N3O/c1-3-11-17(2,18)16-19-15(20-21-16)14-10-6-8-12-7-4-5-9-13(12)14/h4-10H,3,11,18H2,1-2H3. The molecule has 3 aromatic rings. The first-order chi connectivity index (χ1) is 10.1. The Bertz CT molecular complexity index is 756. The third-order valence-electron chi connectivity index (χ3n) is 3.71. The highest BCUT2D eigenvalue weighted by Crippen LogP contribution is 2.29. The van der Waals surface area contributed by atoms with Crippen LogP contribution in [0.4, 0.5) is 0 Å². The van der Waals surface area contributed by atoms with Crippen LogP contribution in [-0.2, 0) is 5.54 Å². The molecule has 108 valence electrons. The summed E-state index contributed by atoms with van der Waals surface area (Å²) in [6.07, 6.45) is 1.78. The van der Waals surface area contributed by atoms with Gasteiger partial charge in [-0.2, -0.15) is 4.98 Å². The van der Waals surface area contributed by atoms with Gasteiger partial charge in [-0.3, -0.25) is 0 Å². The van der Waals surface area contributed by atoms with Crippen molar-refractivity contribution >= 4 is 10.8 Å². The second-order valence-electron chi connectivity index (χ2n) is 5.62. The first-order valence-corrected chi connectivity index (χ1v) is 7.23. The number of aromatic nitrogens is 2. The fourth-order valence-electron chi connectivity index (χ4n) is 2.61. The summed E-state index contributed by atoms with van der Waals surface area (Å²) in [6, 6.07) is 14.2. The van der Waals surface area contributed by atoms with Gasteiger partial charge >= 0.3 is 0 Å². The zero-order valence-electron chi connectivity index (χ0n) is 12.3. The van der Waals surface area contributed by atoms with Crippen molar-refractivity contribution in [2.24, 2.45) is 5.73 Å². The molecular weight excluding hydrogens is 262 g/mol. The predicted molar refractivity (Wildman–Crippen MR) is 83.7 cm³/mol. The number of fused-ring (bicyclic) bond motifs is 1. The van der Waals surface area contributed by atoms with E-state index in [9.17, 15) is 0 Å². The quantitative estimate of drug-likeness (QED) is 0.788. The van der Waals surface area contributed by atoms with Crippen LogP contribution in [0, 0.1) is 0 Å². The molecule has 0 aliphatic heterocycles. The van der Waals surface area contributed by atoms with E-state index < -0.39 is 5.54 Å². The van der Waals surface area contributed by atoms with Crippen LogP contribution in [0.15, 0.2) is 47.0 Å². The number of benzene rings is 2. The lowest BCUT2D eigenvalue weighted by Crippen LogP contribution is -2.33. The molecule has 0 radical (unpaired) electrons. The average Bonchev–Trinajstić information content (AvgIpc) is 2.97. The van der Waals surface area contributed by atoms with Crippen LogP contribution in [0.1, 0.15) is 32.6 Å². The van der Waals surface area contributed by atoms with Gasteiger partial charge in [-0.25, -0.2) is 0 Å². The Morgan fingerprint density at radius 3 is 2.71 bits per heavy atom. The van der Waals surface area contributed by atoms with E-state index >= 15 is 0 Å². The maximum Gasteiger partial charge on any atom is 0.246 e. The summed E-state index contributed by atoms with van der Waals surface area (Å²) in [5.41, 5.74) is 6.65. The molecule has 2 N–H and O–H groups in total. The first-order valence-electron chi connectivity index (χ1n) is 7.23. The van der Waals surface area contributed by atoms with E-state index in [-0.39, 0.29) is 0 Å². The Hall–Kier alpha value is -2.20. The molecule has 0 saturated carbocycles. The zero-order valence-corrected chi connectivity index (χ0v) is 12.3. The van der Waals surface area contributed by atoms with Gasteiger partial charge in [-0.15, -0.1) is 0 Å². The molecule has 1 heterocycles. The lowest BCUT2D eigenvalue weighted by atomic mass is 9.97. The van der Waals surface area contributed by atoms with Crippen LogP contribution in [0.25, 0.3) is 22.2 Å². The van der Waals surface area contributed by atoms with E-state index in [1.165, 1.54) is 0 Å². The molecule has 0 aliphatic carbocycles. The minimum absolute atomic E-state index is 0.493. The molecule has 0 bridgehead atoms. The molecule has 21 heavy (non-hydrogen) atoms. The maximum atomic E-state index is 6.26. The fraction of sp³-hybridized carbons (Fsp3) is 0.294. The number of nitrogens with two attached hydrogens (primary N) is 1. The number of hydrogen-bond donors (Lipinski definition) is 1. The fourth-order valence-corrected chi connectivity index (χ4v) is 2.61. The molecule has 0 aliphatic rings. The van der Waals surface area contributed by atoms with E-state index in [1.54, 1.807) is 0 Å². The Balaban J connectivity index is 2.07. The van der Waals surface area contributed by atoms with E-state index in [1.807, 2.05) is 31.2 Å². The summed E-state index contributed by atoms with van der Waals surface area (Å²) in [4.78, 5) is 4.52. The van der Waals surface area contributed by atoms with Gasteiger partial charge in [0.05, 0.1) is 5.54 Å². The second kappa shape index (κ2) is 5.30. The van der Waals surface area contributed by atoms with Crippen LogP contribution >= 0.6 is 0 Å². The van der Waals surface area contributed by atoms with Crippen molar-refractivity contribution in [3.8, 4) is 11.4 Å². The van der Waals surface area contributed by atoms with Crippen LogP contribution < -0.4 is 5.73 Å². The van der Waals surface area contributed by atoms with Crippen LogP contribution in [0.5, 0.6) is 0 Å². The molecule has 2 aromatic carbocycles. The zero-order chi connectivity index (χ0) is 14.9. The van der Waals surface area contributed by atoms with Crippen molar-refractivity contribution in [3.63, 3.8) is 0 Å². The molecule has 0 saturated heterocycles. The lowest BCUT2D eigenvalue weighted by molar-refractivity contribution is 0.284. The molecule has 4 nitrogen and oxygen atoms in total. The Labute approximate surface area is 124 Å². The van der Waals surface area contributed by atoms with E-state index in [0.717, 1.165) is 29.2 Å².